The molecule has 1 aromatic heterocycles. The summed E-state index contributed by atoms with van der Waals surface area (Å²) in [6, 6.07) is 13.9. The van der Waals surface area contributed by atoms with E-state index in [4.69, 9.17) is 4.74 Å². The van der Waals surface area contributed by atoms with E-state index in [1.165, 1.54) is 31.3 Å². The fraction of sp³-hybridized carbons (Fsp3) is 0.158. The van der Waals surface area contributed by atoms with Crippen LogP contribution in [0, 0.1) is 0 Å². The molecule has 0 fully saturated rings. The van der Waals surface area contributed by atoms with E-state index in [0.717, 1.165) is 16.7 Å². The average molecular weight is 421 g/mol. The molecule has 0 aliphatic carbocycles. The number of benzene rings is 2. The summed E-state index contributed by atoms with van der Waals surface area (Å²) in [4.78, 5) is 16.0. The second-order valence-electron chi connectivity index (χ2n) is 5.91. The van der Waals surface area contributed by atoms with Crippen molar-refractivity contribution in [2.45, 2.75) is 18.1 Å². The highest BCUT2D eigenvalue weighted by Gasteiger charge is 2.27. The highest BCUT2D eigenvalue weighted by atomic mass is 32.2. The first-order valence-electron chi connectivity index (χ1n) is 8.42. The molecule has 0 saturated heterocycles. The maximum atomic E-state index is 13.0. The van der Waals surface area contributed by atoms with Crippen LogP contribution in [0.4, 0.5) is 14.5 Å². The molecule has 2 aromatic carbocycles. The quantitative estimate of drug-likeness (QED) is 0.546. The van der Waals surface area contributed by atoms with Gasteiger partial charge in [0.2, 0.25) is 0 Å². The van der Waals surface area contributed by atoms with Crippen molar-refractivity contribution in [3.8, 4) is 0 Å². The number of ether oxygens (including phenoxy) is 1. The number of sulfonamides is 1. The van der Waals surface area contributed by atoms with Gasteiger partial charge in [0.1, 0.15) is 11.5 Å². The van der Waals surface area contributed by atoms with E-state index >= 15 is 0 Å². The van der Waals surface area contributed by atoms with Gasteiger partial charge in [0.05, 0.1) is 11.3 Å². The van der Waals surface area contributed by atoms with Gasteiger partial charge in [-0.15, -0.1) is 0 Å². The number of carbonyl (C=O) groups excluding carboxylic acids is 1. The van der Waals surface area contributed by atoms with Gasteiger partial charge in [0.15, 0.2) is 5.82 Å². The van der Waals surface area contributed by atoms with Gasteiger partial charge in [-0.25, -0.2) is 18.2 Å². The van der Waals surface area contributed by atoms with Crippen molar-refractivity contribution >= 4 is 21.7 Å². The van der Waals surface area contributed by atoms with Crippen LogP contribution in [0.15, 0.2) is 71.9 Å². The highest BCUT2D eigenvalue weighted by Crippen LogP contribution is 2.25. The van der Waals surface area contributed by atoms with Crippen LogP contribution in [-0.4, -0.2) is 31.0 Å². The zero-order chi connectivity index (χ0) is 21.0. The summed E-state index contributed by atoms with van der Waals surface area (Å²) in [7, 11) is -2.70. The molecule has 0 bridgehead atoms. The van der Waals surface area contributed by atoms with Crippen molar-refractivity contribution in [1.82, 2.24) is 9.55 Å². The van der Waals surface area contributed by atoms with Crippen molar-refractivity contribution in [3.63, 3.8) is 0 Å². The van der Waals surface area contributed by atoms with Crippen LogP contribution in [0.2, 0.25) is 0 Å². The lowest BCUT2D eigenvalue weighted by molar-refractivity contribution is 0.0372. The van der Waals surface area contributed by atoms with E-state index in [2.05, 4.69) is 4.98 Å². The van der Waals surface area contributed by atoms with Crippen LogP contribution in [-0.2, 0) is 21.4 Å². The van der Waals surface area contributed by atoms with E-state index in [1.54, 1.807) is 30.3 Å². The lowest BCUT2D eigenvalue weighted by Crippen LogP contribution is -2.28. The molecule has 0 N–H and O–H groups in total. The van der Waals surface area contributed by atoms with Crippen LogP contribution in [0.5, 0.6) is 0 Å². The van der Waals surface area contributed by atoms with Crippen LogP contribution in [0.25, 0.3) is 0 Å². The molecule has 0 atom stereocenters. The van der Waals surface area contributed by atoms with Gasteiger partial charge in [0, 0.05) is 19.4 Å². The Morgan fingerprint density at radius 1 is 1.14 bits per heavy atom. The summed E-state index contributed by atoms with van der Waals surface area (Å²) < 4.78 is 58.5. The predicted molar refractivity (Wildman–Crippen MR) is 101 cm³/mol. The van der Waals surface area contributed by atoms with Gasteiger partial charge in [-0.1, -0.05) is 30.3 Å². The molecule has 0 radical (unpaired) electrons. The topological polar surface area (TPSA) is 81.5 Å². The fourth-order valence-electron chi connectivity index (χ4n) is 2.63. The Bertz CT molecular complexity index is 1100. The van der Waals surface area contributed by atoms with E-state index in [0.29, 0.717) is 10.3 Å². The van der Waals surface area contributed by atoms with Gasteiger partial charge in [-0.3, -0.25) is 8.87 Å². The molecule has 152 valence electrons. The highest BCUT2D eigenvalue weighted by molar-refractivity contribution is 7.92. The molecular weight excluding hydrogens is 404 g/mol. The first kappa shape index (κ1) is 20.5. The average Bonchev–Trinajstić information content (AvgIpc) is 3.21. The smallest absolute Gasteiger partial charge is 0.339 e. The van der Waals surface area contributed by atoms with Gasteiger partial charge in [-0.05, 0) is 24.3 Å². The molecule has 0 unspecified atom stereocenters. The van der Waals surface area contributed by atoms with Crippen molar-refractivity contribution in [2.24, 2.45) is 0 Å². The standard InChI is InChI=1S/C19H17F2N3O4S/c1-23(14-7-3-2-4-8-14)29(26,27)16-10-6-5-9-15(16)18(25)28-13-17-22-11-12-24(17)19(20)21/h2-12,19H,13H2,1H3. The maximum Gasteiger partial charge on any atom is 0.339 e. The molecule has 29 heavy (non-hydrogen) atoms. The number of rotatable bonds is 7. The largest absolute Gasteiger partial charge is 0.454 e. The minimum absolute atomic E-state index is 0.157. The van der Waals surface area contributed by atoms with Crippen molar-refractivity contribution in [3.05, 3.63) is 78.4 Å². The number of carbonyl (C=O) groups is 1. The monoisotopic (exact) mass is 421 g/mol. The number of para-hydroxylation sites is 1. The van der Waals surface area contributed by atoms with Gasteiger partial charge in [-0.2, -0.15) is 8.78 Å². The third-order valence-corrected chi connectivity index (χ3v) is 6.00. The summed E-state index contributed by atoms with van der Waals surface area (Å²) >= 11 is 0. The number of hydrogen-bond acceptors (Lipinski definition) is 5. The van der Waals surface area contributed by atoms with Crippen LogP contribution < -0.4 is 4.31 Å². The third kappa shape index (κ3) is 4.27. The molecule has 3 aromatic rings. The van der Waals surface area contributed by atoms with Crippen LogP contribution in [0.1, 0.15) is 22.7 Å². The van der Waals surface area contributed by atoms with E-state index in [1.807, 2.05) is 0 Å². The number of alkyl halides is 2. The molecule has 0 spiro atoms. The Kier molecular flexibility index (Phi) is 5.92. The number of esters is 1. The molecule has 0 aliphatic rings. The Balaban J connectivity index is 1.86. The summed E-state index contributed by atoms with van der Waals surface area (Å²) in [5, 5.41) is 0. The first-order valence-corrected chi connectivity index (χ1v) is 9.86. The maximum absolute atomic E-state index is 13.0. The number of halogens is 2. The van der Waals surface area contributed by atoms with Crippen molar-refractivity contribution < 1.29 is 26.7 Å². The molecule has 0 aliphatic heterocycles. The summed E-state index contributed by atoms with van der Waals surface area (Å²) in [6.45, 7) is -3.36. The first-order chi connectivity index (χ1) is 13.8. The Morgan fingerprint density at radius 3 is 2.48 bits per heavy atom. The SMILES string of the molecule is CN(c1ccccc1)S(=O)(=O)c1ccccc1C(=O)OCc1nccn1C(F)F. The number of nitrogens with zero attached hydrogens (tertiary/aromatic N) is 3. The second kappa shape index (κ2) is 8.39. The van der Waals surface area contributed by atoms with Crippen molar-refractivity contribution in [1.29, 1.82) is 0 Å². The zero-order valence-electron chi connectivity index (χ0n) is 15.3. The molecule has 7 nitrogen and oxygen atoms in total. The minimum Gasteiger partial charge on any atom is -0.454 e. The number of anilines is 1. The van der Waals surface area contributed by atoms with Crippen LogP contribution >= 0.6 is 0 Å². The van der Waals surface area contributed by atoms with Gasteiger partial charge in [0.25, 0.3) is 10.0 Å². The Labute approximate surface area is 166 Å². The summed E-state index contributed by atoms with van der Waals surface area (Å²) in [5.74, 6) is -1.12. The molecular formula is C19H17F2N3O4S. The number of hydrogen-bond donors (Lipinski definition) is 0. The number of aromatic nitrogens is 2. The lowest BCUT2D eigenvalue weighted by Gasteiger charge is -2.20. The third-order valence-electron chi connectivity index (χ3n) is 4.16. The van der Waals surface area contributed by atoms with Crippen molar-refractivity contribution in [2.75, 3.05) is 11.4 Å². The zero-order valence-corrected chi connectivity index (χ0v) is 16.1. The van der Waals surface area contributed by atoms with E-state index in [9.17, 15) is 22.0 Å². The molecule has 1 heterocycles. The summed E-state index contributed by atoms with van der Waals surface area (Å²) in [6.07, 6.45) is 2.21. The fourth-order valence-corrected chi connectivity index (χ4v) is 4.00. The minimum atomic E-state index is -4.07. The molecule has 0 saturated carbocycles. The normalized spacial score (nSPS) is 11.4. The predicted octanol–water partition coefficient (Wildman–Crippen LogP) is 3.46. The molecule has 0 amide bonds. The lowest BCUT2D eigenvalue weighted by atomic mass is 10.2. The molecule has 3 rings (SSSR count). The summed E-state index contributed by atoms with van der Waals surface area (Å²) in [5.41, 5.74) is 0.208. The van der Waals surface area contributed by atoms with Gasteiger partial charge >= 0.3 is 12.5 Å². The van der Waals surface area contributed by atoms with E-state index < -0.39 is 29.1 Å². The van der Waals surface area contributed by atoms with Gasteiger partial charge < -0.3 is 4.74 Å². The Hall–Kier alpha value is -3.27. The van der Waals surface area contributed by atoms with E-state index in [-0.39, 0.29) is 16.3 Å². The Morgan fingerprint density at radius 2 is 1.79 bits per heavy atom. The molecule has 10 heteroatoms. The second-order valence-corrected chi connectivity index (χ2v) is 7.85. The van der Waals surface area contributed by atoms with Crippen LogP contribution in [0.3, 0.4) is 0 Å². The number of imidazole rings is 1.